The molecule has 0 aromatic carbocycles. The topological polar surface area (TPSA) is 78.5 Å². The Balaban J connectivity index is 0.00000192. The van der Waals surface area contributed by atoms with E-state index in [-0.39, 0.29) is 29.1 Å². The van der Waals surface area contributed by atoms with Crippen LogP contribution in [0.4, 0.5) is 0 Å². The summed E-state index contributed by atoms with van der Waals surface area (Å²) in [5.74, 6) is -0.180. The second-order valence-electron chi connectivity index (χ2n) is 5.65. The van der Waals surface area contributed by atoms with Crippen LogP contribution in [0.25, 0.3) is 0 Å². The molecule has 2 fully saturated rings. The van der Waals surface area contributed by atoms with Gasteiger partial charge in [0.15, 0.2) is 0 Å². The van der Waals surface area contributed by atoms with Crippen LogP contribution in [0, 0.1) is 0 Å². The molecular weight excluding hydrogens is 381 g/mol. The second-order valence-corrected chi connectivity index (χ2v) is 9.36. The van der Waals surface area contributed by atoms with Crippen LogP contribution in [0.3, 0.4) is 0 Å². The van der Waals surface area contributed by atoms with Crippen molar-refractivity contribution in [1.82, 2.24) is 14.9 Å². The van der Waals surface area contributed by atoms with Crippen molar-refractivity contribution in [3.8, 4) is 0 Å². The summed E-state index contributed by atoms with van der Waals surface area (Å²) < 4.78 is 27.1. The number of fused-ring (bicyclic) bond motifs is 2. The zero-order valence-corrected chi connectivity index (χ0v) is 15.5. The average Bonchev–Trinajstić information content (AvgIpc) is 3.03. The molecule has 130 valence electrons. The lowest BCUT2D eigenvalue weighted by atomic mass is 10.1. The number of halogens is 2. The van der Waals surface area contributed by atoms with Gasteiger partial charge in [0.1, 0.15) is 4.21 Å². The SMILES string of the molecule is Cl.O=C(CNS(=O)(=O)c1ccc(Cl)s1)N1CCC2CCC(C1)N2. The molecule has 10 heteroatoms. The fraction of sp³-hybridized carbons (Fsp3) is 0.615. The zero-order valence-electron chi connectivity index (χ0n) is 12.3. The van der Waals surface area contributed by atoms with E-state index in [2.05, 4.69) is 10.0 Å². The number of carbonyl (C=O) groups excluding carboxylic acids is 1. The Morgan fingerprint density at radius 3 is 2.78 bits per heavy atom. The molecular formula is C13H19Cl2N3O3S2. The van der Waals surface area contributed by atoms with Crippen molar-refractivity contribution in [2.75, 3.05) is 19.6 Å². The van der Waals surface area contributed by atoms with Gasteiger partial charge in [-0.05, 0) is 31.4 Å². The molecule has 1 aromatic rings. The molecule has 1 aromatic heterocycles. The number of thiophene rings is 1. The van der Waals surface area contributed by atoms with E-state index in [0.29, 0.717) is 29.5 Å². The third kappa shape index (κ3) is 4.58. The van der Waals surface area contributed by atoms with Crippen LogP contribution in [0.5, 0.6) is 0 Å². The molecule has 2 atom stereocenters. The van der Waals surface area contributed by atoms with Crippen molar-refractivity contribution < 1.29 is 13.2 Å². The van der Waals surface area contributed by atoms with Crippen LogP contribution in [-0.4, -0.2) is 50.9 Å². The van der Waals surface area contributed by atoms with Crippen LogP contribution in [0.1, 0.15) is 19.3 Å². The normalized spacial score (nSPS) is 24.1. The van der Waals surface area contributed by atoms with E-state index in [0.717, 1.165) is 24.2 Å². The van der Waals surface area contributed by atoms with Gasteiger partial charge in [0.05, 0.1) is 10.9 Å². The maximum atomic E-state index is 12.3. The minimum atomic E-state index is -3.67. The first-order valence-corrected chi connectivity index (χ1v) is 9.90. The molecule has 2 aliphatic rings. The standard InChI is InChI=1S/C13H18ClN3O3S2.ClH/c14-11-3-4-13(21-11)22(19,20)15-7-12(18)17-6-5-9-1-2-10(8-17)16-9;/h3-4,9-10,15-16H,1-2,5-8H2;1H. The Kier molecular flexibility index (Phi) is 6.32. The Hall–Kier alpha value is -0.380. The summed E-state index contributed by atoms with van der Waals surface area (Å²) in [6, 6.07) is 3.80. The quantitative estimate of drug-likeness (QED) is 0.802. The van der Waals surface area contributed by atoms with Gasteiger partial charge >= 0.3 is 0 Å². The van der Waals surface area contributed by atoms with Gasteiger partial charge in [-0.3, -0.25) is 4.79 Å². The lowest BCUT2D eigenvalue weighted by molar-refractivity contribution is -0.130. The molecule has 1 amide bonds. The number of nitrogens with zero attached hydrogens (tertiary/aromatic N) is 1. The van der Waals surface area contributed by atoms with Crippen LogP contribution in [0.2, 0.25) is 4.34 Å². The van der Waals surface area contributed by atoms with Crippen molar-refractivity contribution in [3.05, 3.63) is 16.5 Å². The molecule has 3 heterocycles. The highest BCUT2D eigenvalue weighted by Gasteiger charge is 2.31. The van der Waals surface area contributed by atoms with Gasteiger partial charge in [-0.1, -0.05) is 11.6 Å². The maximum Gasteiger partial charge on any atom is 0.250 e. The molecule has 0 saturated carbocycles. The molecule has 2 bridgehead atoms. The first kappa shape index (κ1) is 19.0. The number of amides is 1. The largest absolute Gasteiger partial charge is 0.340 e. The zero-order chi connectivity index (χ0) is 15.7. The highest BCUT2D eigenvalue weighted by Crippen LogP contribution is 2.25. The molecule has 2 saturated heterocycles. The Morgan fingerprint density at radius 1 is 1.35 bits per heavy atom. The summed E-state index contributed by atoms with van der Waals surface area (Å²) in [5, 5.41) is 3.49. The second kappa shape index (κ2) is 7.67. The van der Waals surface area contributed by atoms with E-state index in [1.807, 2.05) is 0 Å². The molecule has 0 spiro atoms. The van der Waals surface area contributed by atoms with E-state index in [1.165, 1.54) is 18.6 Å². The van der Waals surface area contributed by atoms with Crippen molar-refractivity contribution in [1.29, 1.82) is 0 Å². The van der Waals surface area contributed by atoms with Gasteiger partial charge < -0.3 is 10.2 Å². The highest BCUT2D eigenvalue weighted by molar-refractivity contribution is 7.91. The molecule has 0 aliphatic carbocycles. The van der Waals surface area contributed by atoms with E-state index >= 15 is 0 Å². The summed E-state index contributed by atoms with van der Waals surface area (Å²) in [6.45, 7) is 1.12. The number of sulfonamides is 1. The van der Waals surface area contributed by atoms with Gasteiger partial charge in [-0.15, -0.1) is 23.7 Å². The molecule has 3 rings (SSSR count). The number of hydrogen-bond acceptors (Lipinski definition) is 5. The summed E-state index contributed by atoms with van der Waals surface area (Å²) in [7, 11) is -3.67. The van der Waals surface area contributed by atoms with E-state index in [9.17, 15) is 13.2 Å². The first-order chi connectivity index (χ1) is 10.4. The minimum Gasteiger partial charge on any atom is -0.340 e. The lowest BCUT2D eigenvalue weighted by Crippen LogP contribution is -2.44. The van der Waals surface area contributed by atoms with Crippen molar-refractivity contribution in [2.24, 2.45) is 0 Å². The number of rotatable bonds is 4. The van der Waals surface area contributed by atoms with E-state index in [4.69, 9.17) is 11.6 Å². The Labute approximate surface area is 151 Å². The predicted octanol–water partition coefficient (Wildman–Crippen LogP) is 1.45. The van der Waals surface area contributed by atoms with Gasteiger partial charge in [0.25, 0.3) is 10.0 Å². The number of likely N-dealkylation sites (tertiary alicyclic amines) is 1. The van der Waals surface area contributed by atoms with Crippen LogP contribution >= 0.6 is 35.3 Å². The van der Waals surface area contributed by atoms with E-state index < -0.39 is 10.0 Å². The smallest absolute Gasteiger partial charge is 0.250 e. The molecule has 0 radical (unpaired) electrons. The van der Waals surface area contributed by atoms with Crippen molar-refractivity contribution >= 4 is 51.3 Å². The Bertz CT molecular complexity index is 665. The van der Waals surface area contributed by atoms with Crippen LogP contribution < -0.4 is 10.0 Å². The van der Waals surface area contributed by atoms with Crippen molar-refractivity contribution in [2.45, 2.75) is 35.6 Å². The first-order valence-electron chi connectivity index (χ1n) is 7.23. The fourth-order valence-corrected chi connectivity index (χ4v) is 5.45. The monoisotopic (exact) mass is 399 g/mol. The maximum absolute atomic E-state index is 12.3. The van der Waals surface area contributed by atoms with Gasteiger partial charge in [0, 0.05) is 25.2 Å². The molecule has 2 N–H and O–H groups in total. The third-order valence-electron chi connectivity index (χ3n) is 4.10. The number of hydrogen-bond donors (Lipinski definition) is 2. The summed E-state index contributed by atoms with van der Waals surface area (Å²) in [6.07, 6.45) is 3.17. The average molecular weight is 400 g/mol. The molecule has 23 heavy (non-hydrogen) atoms. The van der Waals surface area contributed by atoms with Crippen molar-refractivity contribution in [3.63, 3.8) is 0 Å². The summed E-state index contributed by atoms with van der Waals surface area (Å²) in [5.41, 5.74) is 0. The molecule has 2 unspecified atom stereocenters. The fourth-order valence-electron chi connectivity index (χ4n) is 2.95. The summed E-state index contributed by atoms with van der Waals surface area (Å²) >= 11 is 6.72. The van der Waals surface area contributed by atoms with Gasteiger partial charge in [-0.25, -0.2) is 13.1 Å². The third-order valence-corrected chi connectivity index (χ3v) is 7.23. The minimum absolute atomic E-state index is 0. The van der Waals surface area contributed by atoms with Crippen LogP contribution in [0.15, 0.2) is 16.3 Å². The predicted molar refractivity (Wildman–Crippen MR) is 92.9 cm³/mol. The summed E-state index contributed by atoms with van der Waals surface area (Å²) in [4.78, 5) is 14.0. The number of nitrogens with one attached hydrogen (secondary N) is 2. The van der Waals surface area contributed by atoms with Gasteiger partial charge in [0.2, 0.25) is 5.91 Å². The van der Waals surface area contributed by atoms with Crippen LogP contribution in [-0.2, 0) is 14.8 Å². The highest BCUT2D eigenvalue weighted by atomic mass is 35.5. The van der Waals surface area contributed by atoms with E-state index in [1.54, 1.807) is 4.90 Å². The molecule has 2 aliphatic heterocycles. The Morgan fingerprint density at radius 2 is 2.09 bits per heavy atom. The van der Waals surface area contributed by atoms with Gasteiger partial charge in [-0.2, -0.15) is 0 Å². The number of carbonyl (C=O) groups is 1. The molecule has 6 nitrogen and oxygen atoms in total. The lowest BCUT2D eigenvalue weighted by Gasteiger charge is -2.24.